The van der Waals surface area contributed by atoms with Gasteiger partial charge in [-0.3, -0.25) is 9.59 Å². The molecule has 0 aliphatic heterocycles. The van der Waals surface area contributed by atoms with Gasteiger partial charge in [0.2, 0.25) is 11.8 Å². The van der Waals surface area contributed by atoms with Crippen LogP contribution in [-0.4, -0.2) is 41.8 Å². The number of ether oxygens (including phenoxy) is 2. The van der Waals surface area contributed by atoms with Crippen molar-refractivity contribution in [2.24, 2.45) is 0 Å². The molecule has 0 aromatic heterocycles. The van der Waals surface area contributed by atoms with Gasteiger partial charge < -0.3 is 19.7 Å². The van der Waals surface area contributed by atoms with Crippen molar-refractivity contribution in [2.75, 3.05) is 13.0 Å². The van der Waals surface area contributed by atoms with E-state index < -0.39 is 6.04 Å². The maximum atomic E-state index is 13.8. The molecular weight excluding hydrogens is 464 g/mol. The minimum atomic E-state index is -0.855. The summed E-state index contributed by atoms with van der Waals surface area (Å²) in [7, 11) is 1.57. The maximum Gasteiger partial charge on any atom is 0.247 e. The first-order valence-electron chi connectivity index (χ1n) is 12.4. The lowest BCUT2D eigenvalue weighted by Crippen LogP contribution is -2.47. The van der Waals surface area contributed by atoms with Crippen molar-refractivity contribution in [2.45, 2.75) is 77.6 Å². The molecule has 1 atom stereocenters. The van der Waals surface area contributed by atoms with Gasteiger partial charge in [-0.15, -0.1) is 11.6 Å². The average Bonchev–Trinajstić information content (AvgIpc) is 2.85. The van der Waals surface area contributed by atoms with Gasteiger partial charge in [-0.1, -0.05) is 55.2 Å². The first-order chi connectivity index (χ1) is 16.8. The molecule has 1 N–H and O–H groups in total. The minimum Gasteiger partial charge on any atom is -0.493 e. The Labute approximate surface area is 213 Å². The first kappa shape index (κ1) is 26.9. The van der Waals surface area contributed by atoms with Crippen LogP contribution in [-0.2, 0) is 16.1 Å². The summed E-state index contributed by atoms with van der Waals surface area (Å²) in [5.74, 6) is 0.372. The van der Waals surface area contributed by atoms with Crippen molar-refractivity contribution in [3.8, 4) is 11.5 Å². The van der Waals surface area contributed by atoms with E-state index in [2.05, 4.69) is 5.32 Å². The number of carbonyl (C=O) groups excluding carboxylic acids is 2. The Hall–Kier alpha value is -2.73. The second kappa shape index (κ2) is 12.8. The zero-order valence-corrected chi connectivity index (χ0v) is 21.9. The van der Waals surface area contributed by atoms with Crippen LogP contribution < -0.4 is 14.8 Å². The molecular formula is C28H37ClN2O4. The number of halogens is 1. The van der Waals surface area contributed by atoms with E-state index in [1.54, 1.807) is 24.1 Å². The summed E-state index contributed by atoms with van der Waals surface area (Å²) in [6.07, 6.45) is 5.25. The van der Waals surface area contributed by atoms with E-state index in [4.69, 9.17) is 21.1 Å². The summed E-state index contributed by atoms with van der Waals surface area (Å²) in [4.78, 5) is 28.4. The molecule has 0 radical (unpaired) electrons. The van der Waals surface area contributed by atoms with Crippen LogP contribution in [0.1, 0.15) is 68.7 Å². The molecule has 2 aromatic rings. The predicted molar refractivity (Wildman–Crippen MR) is 139 cm³/mol. The Morgan fingerprint density at radius 1 is 1.06 bits per heavy atom. The van der Waals surface area contributed by atoms with Crippen LogP contribution in [0, 0.1) is 6.92 Å². The molecule has 0 bridgehead atoms. The fourth-order valence-corrected chi connectivity index (χ4v) is 4.65. The summed E-state index contributed by atoms with van der Waals surface area (Å²) in [5.41, 5.74) is 2.70. The molecule has 0 unspecified atom stereocenters. The topological polar surface area (TPSA) is 67.9 Å². The Kier molecular flexibility index (Phi) is 9.84. The highest BCUT2D eigenvalue weighted by molar-refractivity contribution is 6.27. The van der Waals surface area contributed by atoms with E-state index in [1.165, 1.54) is 6.42 Å². The number of methoxy groups -OCH3 is 1. The number of amides is 2. The molecule has 3 rings (SSSR count). The highest BCUT2D eigenvalue weighted by Crippen LogP contribution is 2.34. The van der Waals surface area contributed by atoms with Gasteiger partial charge in [0, 0.05) is 12.6 Å². The fraction of sp³-hybridized carbons (Fsp3) is 0.500. The number of rotatable bonds is 10. The van der Waals surface area contributed by atoms with E-state index in [1.807, 2.05) is 51.1 Å². The third kappa shape index (κ3) is 7.38. The van der Waals surface area contributed by atoms with Gasteiger partial charge in [-0.2, -0.15) is 0 Å². The van der Waals surface area contributed by atoms with Crippen molar-refractivity contribution in [3.05, 3.63) is 59.2 Å². The standard InChI is InChI=1S/C28H37ClN2O4/c1-19(2)35-24-15-14-22(16-25(24)34-4)27(28(33)30-23-8-6-5-7-9-23)31(26(32)17-29)18-21-12-10-20(3)11-13-21/h10-16,19,23,27H,5-9,17-18H2,1-4H3,(H,30,33)/t27-/m1/s1. The van der Waals surface area contributed by atoms with E-state index in [9.17, 15) is 9.59 Å². The normalized spacial score (nSPS) is 14.9. The molecule has 35 heavy (non-hydrogen) atoms. The Morgan fingerprint density at radius 3 is 2.34 bits per heavy atom. The molecule has 0 heterocycles. The zero-order valence-electron chi connectivity index (χ0n) is 21.2. The quantitative estimate of drug-likeness (QED) is 0.434. The molecule has 1 aliphatic rings. The van der Waals surface area contributed by atoms with Gasteiger partial charge >= 0.3 is 0 Å². The summed E-state index contributed by atoms with van der Waals surface area (Å²) >= 11 is 6.04. The van der Waals surface area contributed by atoms with Crippen molar-refractivity contribution in [1.82, 2.24) is 10.2 Å². The molecule has 2 aromatic carbocycles. The molecule has 0 spiro atoms. The predicted octanol–water partition coefficient (Wildman–Crippen LogP) is 5.55. The smallest absolute Gasteiger partial charge is 0.247 e. The summed E-state index contributed by atoms with van der Waals surface area (Å²) in [5, 5.41) is 3.21. The minimum absolute atomic E-state index is 0.0315. The van der Waals surface area contributed by atoms with Crippen LogP contribution in [0.3, 0.4) is 0 Å². The van der Waals surface area contributed by atoms with Gasteiger partial charge in [-0.05, 0) is 56.9 Å². The molecule has 2 amide bonds. The highest BCUT2D eigenvalue weighted by atomic mass is 35.5. The molecule has 1 fully saturated rings. The molecule has 1 aliphatic carbocycles. The molecule has 0 saturated heterocycles. The average molecular weight is 501 g/mol. The van der Waals surface area contributed by atoms with E-state index >= 15 is 0 Å². The van der Waals surface area contributed by atoms with Gasteiger partial charge in [0.15, 0.2) is 11.5 Å². The lowest BCUT2D eigenvalue weighted by atomic mass is 9.94. The summed E-state index contributed by atoms with van der Waals surface area (Å²) in [6, 6.07) is 12.6. The van der Waals surface area contributed by atoms with Crippen LogP contribution in [0.15, 0.2) is 42.5 Å². The number of alkyl halides is 1. The number of benzene rings is 2. The summed E-state index contributed by atoms with van der Waals surface area (Å²) in [6.45, 7) is 6.16. The fourth-order valence-electron chi connectivity index (χ4n) is 4.50. The number of hydrogen-bond donors (Lipinski definition) is 1. The molecule has 7 heteroatoms. The van der Waals surface area contributed by atoms with Crippen LogP contribution in [0.4, 0.5) is 0 Å². The first-order valence-corrected chi connectivity index (χ1v) is 12.9. The van der Waals surface area contributed by atoms with Crippen LogP contribution in [0.25, 0.3) is 0 Å². The zero-order chi connectivity index (χ0) is 25.4. The number of nitrogens with zero attached hydrogens (tertiary/aromatic N) is 1. The van der Waals surface area contributed by atoms with Gasteiger partial charge in [-0.25, -0.2) is 0 Å². The van der Waals surface area contributed by atoms with Crippen molar-refractivity contribution in [1.29, 1.82) is 0 Å². The Morgan fingerprint density at radius 2 is 1.74 bits per heavy atom. The number of nitrogens with one attached hydrogen (secondary N) is 1. The number of aryl methyl sites for hydroxylation is 1. The SMILES string of the molecule is COc1cc([C@H](C(=O)NC2CCCCC2)N(Cc2ccc(C)cc2)C(=O)CCl)ccc1OC(C)C. The molecule has 6 nitrogen and oxygen atoms in total. The summed E-state index contributed by atoms with van der Waals surface area (Å²) < 4.78 is 11.4. The van der Waals surface area contributed by atoms with Crippen molar-refractivity contribution < 1.29 is 19.1 Å². The van der Waals surface area contributed by atoms with E-state index in [0.717, 1.165) is 36.8 Å². The second-order valence-corrected chi connectivity index (χ2v) is 9.73. The van der Waals surface area contributed by atoms with Gasteiger partial charge in [0.05, 0.1) is 13.2 Å². The maximum absolute atomic E-state index is 13.8. The van der Waals surface area contributed by atoms with Crippen molar-refractivity contribution >= 4 is 23.4 Å². The number of carbonyl (C=O) groups is 2. The van der Waals surface area contributed by atoms with Crippen LogP contribution >= 0.6 is 11.6 Å². The lowest BCUT2D eigenvalue weighted by Gasteiger charge is -2.33. The van der Waals surface area contributed by atoms with Crippen LogP contribution in [0.2, 0.25) is 0 Å². The van der Waals surface area contributed by atoms with Crippen LogP contribution in [0.5, 0.6) is 11.5 Å². The largest absolute Gasteiger partial charge is 0.493 e. The Bertz CT molecular complexity index is 987. The highest BCUT2D eigenvalue weighted by Gasteiger charge is 2.33. The van der Waals surface area contributed by atoms with Crippen molar-refractivity contribution in [3.63, 3.8) is 0 Å². The van der Waals surface area contributed by atoms with Gasteiger partial charge in [0.1, 0.15) is 11.9 Å². The molecule has 190 valence electrons. The molecule has 1 saturated carbocycles. The van der Waals surface area contributed by atoms with E-state index in [0.29, 0.717) is 17.1 Å². The monoisotopic (exact) mass is 500 g/mol. The third-order valence-corrected chi connectivity index (χ3v) is 6.51. The Balaban J connectivity index is 2.01. The second-order valence-electron chi connectivity index (χ2n) is 9.46. The third-order valence-electron chi connectivity index (χ3n) is 6.29. The number of hydrogen-bond acceptors (Lipinski definition) is 4. The van der Waals surface area contributed by atoms with E-state index in [-0.39, 0.29) is 36.4 Å². The van der Waals surface area contributed by atoms with Gasteiger partial charge in [0.25, 0.3) is 0 Å². The lowest BCUT2D eigenvalue weighted by molar-refractivity contribution is -0.140.